The Morgan fingerprint density at radius 1 is 1.23 bits per heavy atom. The van der Waals surface area contributed by atoms with Crippen molar-refractivity contribution in [1.29, 1.82) is 0 Å². The third kappa shape index (κ3) is 2.69. The summed E-state index contributed by atoms with van der Waals surface area (Å²) in [5, 5.41) is 9.85. The Morgan fingerprint density at radius 3 is 2.73 bits per heavy atom. The van der Waals surface area contributed by atoms with Gasteiger partial charge in [0.15, 0.2) is 5.69 Å². The number of carbonyl (C=O) groups is 1. The van der Waals surface area contributed by atoms with Gasteiger partial charge in [-0.3, -0.25) is 4.79 Å². The van der Waals surface area contributed by atoms with Gasteiger partial charge in [-0.05, 0) is 30.5 Å². The highest BCUT2D eigenvalue weighted by Crippen LogP contribution is 2.34. The molecule has 1 aromatic heterocycles. The van der Waals surface area contributed by atoms with Crippen molar-refractivity contribution in [1.82, 2.24) is 9.88 Å². The van der Waals surface area contributed by atoms with Gasteiger partial charge in [-0.2, -0.15) is 0 Å². The van der Waals surface area contributed by atoms with Crippen molar-refractivity contribution in [2.45, 2.75) is 25.2 Å². The van der Waals surface area contributed by atoms with Crippen LogP contribution in [-0.4, -0.2) is 34.0 Å². The molecule has 1 fully saturated rings. The highest BCUT2D eigenvalue weighted by atomic mass is 16.3. The molecule has 1 saturated heterocycles. The van der Waals surface area contributed by atoms with Crippen molar-refractivity contribution in [3.05, 3.63) is 59.9 Å². The molecule has 1 atom stereocenters. The van der Waals surface area contributed by atoms with Crippen LogP contribution in [0.15, 0.2) is 48.7 Å². The maximum Gasteiger partial charge on any atom is 0.276 e. The average Bonchev–Trinajstić information content (AvgIpc) is 2.56. The van der Waals surface area contributed by atoms with E-state index >= 15 is 0 Å². The van der Waals surface area contributed by atoms with Crippen LogP contribution in [0.5, 0.6) is 5.75 Å². The van der Waals surface area contributed by atoms with Crippen LogP contribution in [0.4, 0.5) is 0 Å². The maximum absolute atomic E-state index is 12.6. The molecule has 3 rings (SSSR count). The van der Waals surface area contributed by atoms with Crippen molar-refractivity contribution in [2.75, 3.05) is 13.1 Å². The van der Waals surface area contributed by atoms with Crippen LogP contribution in [-0.2, 0) is 5.41 Å². The highest BCUT2D eigenvalue weighted by molar-refractivity contribution is 5.94. The van der Waals surface area contributed by atoms with Crippen molar-refractivity contribution in [2.24, 2.45) is 0 Å². The average molecular weight is 296 g/mol. The molecule has 114 valence electrons. The van der Waals surface area contributed by atoms with E-state index in [0.29, 0.717) is 13.1 Å². The van der Waals surface area contributed by atoms with Crippen molar-refractivity contribution in [3.8, 4) is 5.75 Å². The van der Waals surface area contributed by atoms with E-state index < -0.39 is 0 Å². The van der Waals surface area contributed by atoms with E-state index in [9.17, 15) is 9.90 Å². The zero-order valence-corrected chi connectivity index (χ0v) is 12.7. The molecule has 0 bridgehead atoms. The summed E-state index contributed by atoms with van der Waals surface area (Å²) in [5.74, 6) is -0.251. The highest BCUT2D eigenvalue weighted by Gasteiger charge is 2.35. The minimum atomic E-state index is -0.194. The predicted molar refractivity (Wildman–Crippen MR) is 84.8 cm³/mol. The number of piperidine rings is 1. The number of pyridine rings is 1. The molecule has 2 aromatic rings. The second kappa shape index (κ2) is 5.79. The largest absolute Gasteiger partial charge is 0.505 e. The predicted octanol–water partition coefficient (Wildman–Crippen LogP) is 2.98. The first-order valence-corrected chi connectivity index (χ1v) is 7.59. The summed E-state index contributed by atoms with van der Waals surface area (Å²) < 4.78 is 0. The van der Waals surface area contributed by atoms with Crippen molar-refractivity contribution in [3.63, 3.8) is 0 Å². The molecule has 1 amide bonds. The quantitative estimate of drug-likeness (QED) is 0.927. The van der Waals surface area contributed by atoms with Crippen LogP contribution in [0.25, 0.3) is 0 Å². The number of nitrogens with zero attached hydrogens (tertiary/aromatic N) is 2. The summed E-state index contributed by atoms with van der Waals surface area (Å²) in [4.78, 5) is 18.5. The molecule has 4 nitrogen and oxygen atoms in total. The van der Waals surface area contributed by atoms with Crippen LogP contribution in [0, 0.1) is 0 Å². The molecule has 2 heterocycles. The first-order chi connectivity index (χ1) is 10.6. The Balaban J connectivity index is 1.85. The summed E-state index contributed by atoms with van der Waals surface area (Å²) in [6, 6.07) is 13.4. The van der Waals surface area contributed by atoms with Crippen molar-refractivity contribution < 1.29 is 9.90 Å². The van der Waals surface area contributed by atoms with Gasteiger partial charge in [0, 0.05) is 24.7 Å². The molecule has 1 unspecified atom stereocenters. The van der Waals surface area contributed by atoms with Crippen LogP contribution in [0.3, 0.4) is 0 Å². The summed E-state index contributed by atoms with van der Waals surface area (Å²) in [6.07, 6.45) is 3.53. The molecule has 1 aromatic carbocycles. The zero-order chi connectivity index (χ0) is 15.6. The molecule has 1 N–H and O–H groups in total. The van der Waals surface area contributed by atoms with Gasteiger partial charge >= 0.3 is 0 Å². The van der Waals surface area contributed by atoms with Gasteiger partial charge in [0.2, 0.25) is 0 Å². The Hall–Kier alpha value is -2.36. The van der Waals surface area contributed by atoms with E-state index in [1.54, 1.807) is 11.0 Å². The van der Waals surface area contributed by atoms with Crippen LogP contribution < -0.4 is 0 Å². The summed E-state index contributed by atoms with van der Waals surface area (Å²) in [7, 11) is 0. The number of aromatic hydroxyl groups is 1. The molecule has 0 radical (unpaired) electrons. The molecule has 0 saturated carbocycles. The monoisotopic (exact) mass is 296 g/mol. The topological polar surface area (TPSA) is 53.4 Å². The molecule has 0 aliphatic carbocycles. The van der Waals surface area contributed by atoms with Gasteiger partial charge in [0.05, 0.1) is 0 Å². The molecule has 0 spiro atoms. The molecule has 1 aliphatic heterocycles. The number of likely N-dealkylation sites (tertiary alicyclic amines) is 1. The fourth-order valence-electron chi connectivity index (χ4n) is 3.20. The summed E-state index contributed by atoms with van der Waals surface area (Å²) in [5.41, 5.74) is 1.33. The lowest BCUT2D eigenvalue weighted by molar-refractivity contribution is 0.0641. The number of hydrogen-bond donors (Lipinski definition) is 1. The molecule has 1 aliphatic rings. The van der Waals surface area contributed by atoms with E-state index in [1.165, 1.54) is 17.8 Å². The van der Waals surface area contributed by atoms with Gasteiger partial charge in [-0.15, -0.1) is 0 Å². The van der Waals surface area contributed by atoms with E-state index in [4.69, 9.17) is 0 Å². The summed E-state index contributed by atoms with van der Waals surface area (Å²) in [6.45, 7) is 3.54. The Labute approximate surface area is 130 Å². The lowest BCUT2D eigenvalue weighted by atomic mass is 9.76. The normalized spacial score (nSPS) is 21.6. The van der Waals surface area contributed by atoms with Crippen molar-refractivity contribution >= 4 is 5.91 Å². The SMILES string of the molecule is CC1(c2ccccc2)CCCN(C(=O)c2ncccc2O)C1. The zero-order valence-electron chi connectivity index (χ0n) is 12.7. The van der Waals surface area contributed by atoms with Crippen LogP contribution >= 0.6 is 0 Å². The van der Waals surface area contributed by atoms with Crippen LogP contribution in [0.1, 0.15) is 35.8 Å². The molecule has 22 heavy (non-hydrogen) atoms. The van der Waals surface area contributed by atoms with Gasteiger partial charge in [0.1, 0.15) is 5.75 Å². The van der Waals surface area contributed by atoms with Gasteiger partial charge in [-0.1, -0.05) is 37.3 Å². The standard InChI is InChI=1S/C18H20N2O2/c1-18(14-7-3-2-4-8-14)10-6-12-20(13-18)17(22)16-15(21)9-5-11-19-16/h2-5,7-9,11,21H,6,10,12-13H2,1H3. The third-order valence-corrected chi connectivity index (χ3v) is 4.44. The Morgan fingerprint density at radius 2 is 2.00 bits per heavy atom. The number of amides is 1. The number of benzene rings is 1. The van der Waals surface area contributed by atoms with Gasteiger partial charge < -0.3 is 10.0 Å². The molecular formula is C18H20N2O2. The fourth-order valence-corrected chi connectivity index (χ4v) is 3.20. The first-order valence-electron chi connectivity index (χ1n) is 7.59. The Kier molecular flexibility index (Phi) is 3.84. The smallest absolute Gasteiger partial charge is 0.276 e. The minimum Gasteiger partial charge on any atom is -0.505 e. The number of rotatable bonds is 2. The van der Waals surface area contributed by atoms with Gasteiger partial charge in [0.25, 0.3) is 5.91 Å². The molecular weight excluding hydrogens is 276 g/mol. The lowest BCUT2D eigenvalue weighted by Crippen LogP contribution is -2.47. The van der Waals surface area contributed by atoms with Gasteiger partial charge in [-0.25, -0.2) is 4.98 Å². The van der Waals surface area contributed by atoms with E-state index in [-0.39, 0.29) is 22.8 Å². The third-order valence-electron chi connectivity index (χ3n) is 4.44. The second-order valence-electron chi connectivity index (χ2n) is 6.13. The number of aromatic nitrogens is 1. The summed E-state index contributed by atoms with van der Waals surface area (Å²) >= 11 is 0. The minimum absolute atomic E-state index is 0.0560. The Bertz CT molecular complexity index is 672. The fraction of sp³-hybridized carbons (Fsp3) is 0.333. The molecule has 4 heteroatoms. The van der Waals surface area contributed by atoms with E-state index in [2.05, 4.69) is 24.0 Å². The lowest BCUT2D eigenvalue weighted by Gasteiger charge is -2.40. The number of carbonyl (C=O) groups excluding carboxylic acids is 1. The number of hydrogen-bond acceptors (Lipinski definition) is 3. The van der Waals surface area contributed by atoms with E-state index in [1.807, 2.05) is 18.2 Å². The van der Waals surface area contributed by atoms with Crippen LogP contribution in [0.2, 0.25) is 0 Å². The first kappa shape index (κ1) is 14.6. The van der Waals surface area contributed by atoms with E-state index in [0.717, 1.165) is 12.8 Å². The second-order valence-corrected chi connectivity index (χ2v) is 6.13. The maximum atomic E-state index is 12.6.